The van der Waals surface area contributed by atoms with Crippen molar-refractivity contribution in [3.8, 4) is 0 Å². The maximum Gasteiger partial charge on any atom is 0.250 e. The summed E-state index contributed by atoms with van der Waals surface area (Å²) in [6, 6.07) is -0.369. The van der Waals surface area contributed by atoms with E-state index in [-0.39, 0.29) is 35.5 Å². The third kappa shape index (κ3) is 3.70. The molecule has 1 amide bonds. The van der Waals surface area contributed by atoms with Crippen LogP contribution in [0.2, 0.25) is 0 Å². The van der Waals surface area contributed by atoms with Gasteiger partial charge in [-0.1, -0.05) is 29.8 Å². The summed E-state index contributed by atoms with van der Waals surface area (Å²) < 4.78 is 25.7. The average Bonchev–Trinajstić information content (AvgIpc) is 2.43. The summed E-state index contributed by atoms with van der Waals surface area (Å²) in [5.41, 5.74) is 0. The van der Waals surface area contributed by atoms with Gasteiger partial charge in [0.2, 0.25) is 11.8 Å². The Morgan fingerprint density at radius 3 is 2.53 bits per heavy atom. The van der Waals surface area contributed by atoms with E-state index >= 15 is 0 Å². The molecule has 0 aromatic carbocycles. The molecule has 0 aromatic heterocycles. The molecule has 1 fully saturated rings. The van der Waals surface area contributed by atoms with Crippen molar-refractivity contribution in [2.75, 3.05) is 0 Å². The van der Waals surface area contributed by atoms with Crippen LogP contribution >= 0.6 is 15.9 Å². The van der Waals surface area contributed by atoms with E-state index in [1.807, 2.05) is 13.8 Å². The van der Waals surface area contributed by atoms with Gasteiger partial charge in [0.05, 0.1) is 4.83 Å². The Morgan fingerprint density at radius 2 is 2.13 bits per heavy atom. The highest BCUT2D eigenvalue weighted by Gasteiger charge is 2.40. The predicted octanol–water partition coefficient (Wildman–Crippen LogP) is 2.71. The summed E-state index contributed by atoms with van der Waals surface area (Å²) in [5, 5.41) is 2.65. The highest BCUT2D eigenvalue weighted by molar-refractivity contribution is 9.10. The van der Waals surface area contributed by atoms with Crippen molar-refractivity contribution in [3.63, 3.8) is 0 Å². The van der Waals surface area contributed by atoms with Crippen molar-refractivity contribution >= 4 is 21.8 Å². The Morgan fingerprint density at radius 1 is 1.53 bits per heavy atom. The molecular formula is C10H16BrF2NO. The van der Waals surface area contributed by atoms with E-state index < -0.39 is 5.92 Å². The Labute approximate surface area is 96.9 Å². The zero-order valence-corrected chi connectivity index (χ0v) is 10.5. The highest BCUT2D eigenvalue weighted by Crippen LogP contribution is 2.34. The zero-order valence-electron chi connectivity index (χ0n) is 8.90. The van der Waals surface area contributed by atoms with Gasteiger partial charge in [-0.15, -0.1) is 0 Å². The minimum absolute atomic E-state index is 0.118. The summed E-state index contributed by atoms with van der Waals surface area (Å²) in [6.45, 7) is 3.81. The zero-order chi connectivity index (χ0) is 11.6. The van der Waals surface area contributed by atoms with Crippen molar-refractivity contribution in [2.24, 2.45) is 5.92 Å². The van der Waals surface area contributed by atoms with Crippen LogP contribution < -0.4 is 5.32 Å². The maximum absolute atomic E-state index is 12.8. The Bertz CT molecular complexity index is 246. The number of amides is 1. The van der Waals surface area contributed by atoms with E-state index in [0.717, 1.165) is 0 Å². The number of alkyl halides is 3. The molecule has 2 atom stereocenters. The minimum Gasteiger partial charge on any atom is -0.352 e. The highest BCUT2D eigenvalue weighted by atomic mass is 79.9. The molecule has 0 radical (unpaired) electrons. The summed E-state index contributed by atoms with van der Waals surface area (Å²) in [6.07, 6.45) is 0.0275. The number of nitrogens with one attached hydrogen (secondary N) is 1. The Kier molecular flexibility index (Phi) is 4.09. The Balaban J connectivity index is 2.40. The molecule has 0 spiro atoms. The van der Waals surface area contributed by atoms with Crippen LogP contribution in [-0.4, -0.2) is 22.7 Å². The third-order valence-electron chi connectivity index (χ3n) is 2.59. The molecule has 15 heavy (non-hydrogen) atoms. The van der Waals surface area contributed by atoms with Gasteiger partial charge in [0.15, 0.2) is 0 Å². The van der Waals surface area contributed by atoms with Crippen LogP contribution in [0.25, 0.3) is 0 Å². The first-order valence-corrected chi connectivity index (χ1v) is 6.05. The number of carbonyl (C=O) groups is 1. The first kappa shape index (κ1) is 12.9. The lowest BCUT2D eigenvalue weighted by molar-refractivity contribution is -0.121. The lowest BCUT2D eigenvalue weighted by Crippen LogP contribution is -2.40. The lowest BCUT2D eigenvalue weighted by atomic mass is 10.1. The van der Waals surface area contributed by atoms with Gasteiger partial charge in [0, 0.05) is 18.9 Å². The molecule has 5 heteroatoms. The first-order chi connectivity index (χ1) is 6.82. The SMILES string of the molecule is CC(C)C(Br)C(=O)NC1CCC(F)(F)C1. The molecule has 1 saturated carbocycles. The monoisotopic (exact) mass is 283 g/mol. The molecule has 88 valence electrons. The number of halogens is 3. The third-order valence-corrected chi connectivity index (χ3v) is 4.06. The van der Waals surface area contributed by atoms with E-state index in [1.54, 1.807) is 0 Å². The van der Waals surface area contributed by atoms with Gasteiger partial charge < -0.3 is 5.32 Å². The fourth-order valence-electron chi connectivity index (χ4n) is 1.66. The van der Waals surface area contributed by atoms with Crippen LogP contribution in [0.3, 0.4) is 0 Å². The van der Waals surface area contributed by atoms with E-state index in [4.69, 9.17) is 0 Å². The van der Waals surface area contributed by atoms with Gasteiger partial charge >= 0.3 is 0 Å². The summed E-state index contributed by atoms with van der Waals surface area (Å²) in [5.74, 6) is -2.63. The lowest BCUT2D eigenvalue weighted by Gasteiger charge is -2.18. The Hall–Kier alpha value is -0.190. The fourth-order valence-corrected chi connectivity index (χ4v) is 1.79. The topological polar surface area (TPSA) is 29.1 Å². The second kappa shape index (κ2) is 4.76. The second-order valence-electron chi connectivity index (χ2n) is 4.45. The summed E-state index contributed by atoms with van der Waals surface area (Å²) in [7, 11) is 0. The number of hydrogen-bond donors (Lipinski definition) is 1. The maximum atomic E-state index is 12.8. The molecule has 0 heterocycles. The van der Waals surface area contributed by atoms with Gasteiger partial charge in [0.1, 0.15) is 0 Å². The van der Waals surface area contributed by atoms with E-state index in [0.29, 0.717) is 6.42 Å². The van der Waals surface area contributed by atoms with Gasteiger partial charge in [0.25, 0.3) is 0 Å². The van der Waals surface area contributed by atoms with Gasteiger partial charge in [-0.25, -0.2) is 8.78 Å². The molecule has 0 saturated heterocycles. The molecule has 0 aliphatic heterocycles. The van der Waals surface area contributed by atoms with Crippen LogP contribution in [0.5, 0.6) is 0 Å². The molecule has 1 N–H and O–H groups in total. The molecule has 0 aromatic rings. The average molecular weight is 284 g/mol. The van der Waals surface area contributed by atoms with Crippen LogP contribution in [-0.2, 0) is 4.79 Å². The second-order valence-corrected chi connectivity index (χ2v) is 5.44. The standard InChI is InChI=1S/C10H16BrF2NO/c1-6(2)8(11)9(15)14-7-3-4-10(12,13)5-7/h6-8H,3-5H2,1-2H3,(H,14,15). The minimum atomic E-state index is -2.60. The van der Waals surface area contributed by atoms with E-state index in [1.165, 1.54) is 0 Å². The molecule has 2 nitrogen and oxygen atoms in total. The van der Waals surface area contributed by atoms with E-state index in [2.05, 4.69) is 21.2 Å². The van der Waals surface area contributed by atoms with Crippen LogP contribution in [0.15, 0.2) is 0 Å². The first-order valence-electron chi connectivity index (χ1n) is 5.14. The normalized spacial score (nSPS) is 26.7. The number of hydrogen-bond acceptors (Lipinski definition) is 1. The van der Waals surface area contributed by atoms with Crippen molar-refractivity contribution in [1.29, 1.82) is 0 Å². The van der Waals surface area contributed by atoms with Crippen LogP contribution in [0.1, 0.15) is 33.1 Å². The predicted molar refractivity (Wildman–Crippen MR) is 58.3 cm³/mol. The quantitative estimate of drug-likeness (QED) is 0.793. The van der Waals surface area contributed by atoms with Gasteiger partial charge in [-0.05, 0) is 12.3 Å². The summed E-state index contributed by atoms with van der Waals surface area (Å²) in [4.78, 5) is 11.2. The molecule has 1 rings (SSSR count). The molecule has 1 aliphatic rings. The number of rotatable bonds is 3. The van der Waals surface area contributed by atoms with Gasteiger partial charge in [-0.3, -0.25) is 4.79 Å². The number of carbonyl (C=O) groups excluding carboxylic acids is 1. The molecule has 1 aliphatic carbocycles. The van der Waals surface area contributed by atoms with Crippen molar-refractivity contribution in [1.82, 2.24) is 5.32 Å². The van der Waals surface area contributed by atoms with Crippen molar-refractivity contribution < 1.29 is 13.6 Å². The van der Waals surface area contributed by atoms with Crippen LogP contribution in [0, 0.1) is 5.92 Å². The van der Waals surface area contributed by atoms with Crippen molar-refractivity contribution in [2.45, 2.75) is 49.9 Å². The molecular weight excluding hydrogens is 268 g/mol. The largest absolute Gasteiger partial charge is 0.352 e. The summed E-state index contributed by atoms with van der Waals surface area (Å²) >= 11 is 3.24. The van der Waals surface area contributed by atoms with Crippen LogP contribution in [0.4, 0.5) is 8.78 Å². The molecule has 0 bridgehead atoms. The molecule has 2 unspecified atom stereocenters. The van der Waals surface area contributed by atoms with Gasteiger partial charge in [-0.2, -0.15) is 0 Å². The fraction of sp³-hybridized carbons (Fsp3) is 0.900. The van der Waals surface area contributed by atoms with E-state index in [9.17, 15) is 13.6 Å². The van der Waals surface area contributed by atoms with Crippen molar-refractivity contribution in [3.05, 3.63) is 0 Å². The smallest absolute Gasteiger partial charge is 0.250 e.